The van der Waals surface area contributed by atoms with Gasteiger partial charge in [0, 0.05) is 45.5 Å². The van der Waals surface area contributed by atoms with Crippen LogP contribution in [0.4, 0.5) is 11.4 Å². The Morgan fingerprint density at radius 3 is 1.92 bits per heavy atom. The molecule has 0 spiro atoms. The van der Waals surface area contributed by atoms with Crippen molar-refractivity contribution in [2.45, 2.75) is 5.92 Å². The zero-order chi connectivity index (χ0) is 42.1. The molecule has 0 radical (unpaired) electrons. The summed E-state index contributed by atoms with van der Waals surface area (Å²) in [5, 5.41) is 6.33. The van der Waals surface area contributed by atoms with Crippen LogP contribution >= 0.6 is 0 Å². The number of hydrogen-bond donors (Lipinski definition) is 0. The van der Waals surface area contributed by atoms with Crippen molar-refractivity contribution in [1.82, 2.24) is 4.57 Å². The molecule has 0 bridgehead atoms. The van der Waals surface area contributed by atoms with Crippen molar-refractivity contribution in [2.24, 2.45) is 5.92 Å². The van der Waals surface area contributed by atoms with Crippen molar-refractivity contribution >= 4 is 49.4 Å². The Kier molecular flexibility index (Phi) is 8.39. The number of fused-ring (bicyclic) bond motifs is 7. The summed E-state index contributed by atoms with van der Waals surface area (Å²) >= 11 is 0. The van der Waals surface area contributed by atoms with Crippen LogP contribution in [0, 0.1) is 5.92 Å². The summed E-state index contributed by atoms with van der Waals surface area (Å²) in [6.45, 7) is 0. The molecule has 0 aliphatic heterocycles. The van der Waals surface area contributed by atoms with Gasteiger partial charge in [0.1, 0.15) is 0 Å². The van der Waals surface area contributed by atoms with Crippen LogP contribution in [-0.2, 0) is 0 Å². The molecule has 0 saturated carbocycles. The highest BCUT2D eigenvalue weighted by atomic mass is 15.1. The molecule has 2 unspecified atom stereocenters. The molecule has 0 amide bonds. The fourth-order valence-electron chi connectivity index (χ4n) is 10.9. The van der Waals surface area contributed by atoms with Gasteiger partial charge in [0.2, 0.25) is 0 Å². The van der Waals surface area contributed by atoms with Crippen LogP contribution in [0.25, 0.3) is 77.2 Å². The van der Waals surface area contributed by atoms with Crippen LogP contribution in [0.3, 0.4) is 0 Å². The maximum absolute atomic E-state index is 2.52. The lowest BCUT2D eigenvalue weighted by Gasteiger charge is -2.33. The average molecular weight is 815 g/mol. The molecule has 3 aliphatic rings. The van der Waals surface area contributed by atoms with E-state index in [0.29, 0.717) is 5.92 Å². The van der Waals surface area contributed by atoms with Crippen LogP contribution < -0.4 is 4.90 Å². The van der Waals surface area contributed by atoms with Gasteiger partial charge in [0.05, 0.1) is 11.2 Å². The first-order chi connectivity index (χ1) is 31.7. The Hall–Kier alpha value is -8.20. The third-order valence-electron chi connectivity index (χ3n) is 13.7. The summed E-state index contributed by atoms with van der Waals surface area (Å²) in [5.41, 5.74) is 18.5. The van der Waals surface area contributed by atoms with E-state index in [9.17, 15) is 0 Å². The fraction of sp³-hybridized carbons (Fsp3) is 0.0323. The Morgan fingerprint density at radius 1 is 0.469 bits per heavy atom. The monoisotopic (exact) mass is 814 g/mol. The summed E-state index contributed by atoms with van der Waals surface area (Å²) < 4.78 is 2.44. The quantitative estimate of drug-likeness (QED) is 0.146. The predicted octanol–water partition coefficient (Wildman–Crippen LogP) is 16.3. The molecule has 9 aromatic carbocycles. The minimum absolute atomic E-state index is 0.257. The third kappa shape index (κ3) is 5.80. The Bertz CT molecular complexity index is 3510. The molecule has 3 aliphatic carbocycles. The van der Waals surface area contributed by atoms with Crippen molar-refractivity contribution in [3.63, 3.8) is 0 Å². The molecule has 13 rings (SSSR count). The highest BCUT2D eigenvalue weighted by Gasteiger charge is 2.40. The number of anilines is 2. The molecule has 300 valence electrons. The first-order valence-electron chi connectivity index (χ1n) is 22.3. The van der Waals surface area contributed by atoms with E-state index < -0.39 is 0 Å². The van der Waals surface area contributed by atoms with E-state index in [4.69, 9.17) is 0 Å². The number of rotatable bonds is 7. The van der Waals surface area contributed by atoms with Crippen molar-refractivity contribution < 1.29 is 0 Å². The first kappa shape index (κ1) is 36.5. The topological polar surface area (TPSA) is 8.17 Å². The van der Waals surface area contributed by atoms with Crippen molar-refractivity contribution in [3.05, 3.63) is 265 Å². The van der Waals surface area contributed by atoms with Crippen molar-refractivity contribution in [3.8, 4) is 39.2 Å². The molecule has 64 heavy (non-hydrogen) atoms. The molecule has 2 nitrogen and oxygen atoms in total. The number of nitrogens with zero attached hydrogens (tertiary/aromatic N) is 2. The Labute approximate surface area is 373 Å². The molecular formula is C62H42N2. The summed E-state index contributed by atoms with van der Waals surface area (Å²) in [6, 6.07) is 77.9. The molecule has 1 aromatic heterocycles. The smallest absolute Gasteiger partial charge is 0.0619 e. The van der Waals surface area contributed by atoms with E-state index in [2.05, 4.69) is 252 Å². The minimum atomic E-state index is 0.257. The minimum Gasteiger partial charge on any atom is -0.311 e. The second-order valence-electron chi connectivity index (χ2n) is 17.2. The molecule has 2 heteroatoms. The van der Waals surface area contributed by atoms with Gasteiger partial charge < -0.3 is 9.47 Å². The molecule has 2 atom stereocenters. The largest absolute Gasteiger partial charge is 0.311 e. The van der Waals surface area contributed by atoms with E-state index in [1.54, 1.807) is 0 Å². The van der Waals surface area contributed by atoms with E-state index >= 15 is 0 Å². The maximum Gasteiger partial charge on any atom is 0.0619 e. The summed E-state index contributed by atoms with van der Waals surface area (Å²) in [7, 11) is 0. The number of hydrogen-bond acceptors (Lipinski definition) is 1. The molecule has 1 heterocycles. The van der Waals surface area contributed by atoms with Crippen molar-refractivity contribution in [1.29, 1.82) is 0 Å². The molecular weight excluding hydrogens is 773 g/mol. The highest BCUT2D eigenvalue weighted by molar-refractivity contribution is 6.09. The van der Waals surface area contributed by atoms with E-state index in [0.717, 1.165) is 22.6 Å². The Balaban J connectivity index is 0.959. The molecule has 0 saturated heterocycles. The second kappa shape index (κ2) is 14.7. The number of allylic oxidation sites excluding steroid dienone is 7. The van der Waals surface area contributed by atoms with Crippen LogP contribution in [-0.4, -0.2) is 4.57 Å². The van der Waals surface area contributed by atoms with E-state index in [1.165, 1.54) is 88.4 Å². The van der Waals surface area contributed by atoms with Gasteiger partial charge in [0.25, 0.3) is 0 Å². The molecule has 0 fully saturated rings. The van der Waals surface area contributed by atoms with Gasteiger partial charge in [-0.2, -0.15) is 0 Å². The van der Waals surface area contributed by atoms with E-state index in [-0.39, 0.29) is 5.92 Å². The maximum atomic E-state index is 2.52. The average Bonchev–Trinajstić information content (AvgIpc) is 3.89. The summed E-state index contributed by atoms with van der Waals surface area (Å²) in [6.07, 6.45) is 11.8. The first-order valence-corrected chi connectivity index (χ1v) is 22.3. The van der Waals surface area contributed by atoms with Gasteiger partial charge in [-0.15, -0.1) is 0 Å². The standard InChI is InChI=1S/C62H42N2/c1-3-15-43(16-4-1)61-57-23-11-12-25-59(57)64(48-18-5-2-6-19-48)62(61)44-30-35-50(36-31-44)63(51-39-47-17-13-24-56-54-21-9-10-22-55(54)58(40-51)60(47)56)49-33-28-41(29-34-49)45-32-37-53-46(38-45)27-26-42-14-7-8-20-52(42)53/h1-40,58,60H. The SMILES string of the molecule is C1=CC2=CC(N(c3ccc(-c4ccc5c(ccc6ccccc65)c4)cc3)c3ccc(-c4c(-c5ccccc5)c5ccccc5n4-c4ccccc4)cc3)=CC3c4ccccc4C(=C1)C23. The molecule has 0 N–H and O–H groups in total. The second-order valence-corrected chi connectivity index (χ2v) is 17.2. The zero-order valence-electron chi connectivity index (χ0n) is 35.1. The van der Waals surface area contributed by atoms with Gasteiger partial charge >= 0.3 is 0 Å². The number of aromatic nitrogens is 1. The van der Waals surface area contributed by atoms with Gasteiger partial charge in [-0.1, -0.05) is 188 Å². The predicted molar refractivity (Wildman–Crippen MR) is 269 cm³/mol. The summed E-state index contributed by atoms with van der Waals surface area (Å²) in [4.78, 5) is 2.46. The third-order valence-corrected chi connectivity index (χ3v) is 13.7. The normalized spacial score (nSPS) is 16.0. The molecule has 10 aromatic rings. The van der Waals surface area contributed by atoms with Gasteiger partial charge in [-0.25, -0.2) is 0 Å². The highest BCUT2D eigenvalue weighted by Crippen LogP contribution is 2.55. The number of benzene rings is 9. The lowest BCUT2D eigenvalue weighted by atomic mass is 9.77. The van der Waals surface area contributed by atoms with Gasteiger partial charge in [-0.05, 0) is 121 Å². The lowest BCUT2D eigenvalue weighted by molar-refractivity contribution is 0.711. The van der Waals surface area contributed by atoms with Crippen LogP contribution in [0.5, 0.6) is 0 Å². The fourth-order valence-corrected chi connectivity index (χ4v) is 10.9. The lowest BCUT2D eigenvalue weighted by Crippen LogP contribution is -2.22. The van der Waals surface area contributed by atoms with Crippen LogP contribution in [0.2, 0.25) is 0 Å². The Morgan fingerprint density at radius 2 is 1.11 bits per heavy atom. The zero-order valence-corrected chi connectivity index (χ0v) is 35.1. The van der Waals surface area contributed by atoms with Crippen molar-refractivity contribution in [2.75, 3.05) is 4.90 Å². The summed E-state index contributed by atoms with van der Waals surface area (Å²) in [5.74, 6) is 0.589. The van der Waals surface area contributed by atoms with Crippen LogP contribution in [0.15, 0.2) is 254 Å². The van der Waals surface area contributed by atoms with Gasteiger partial charge in [-0.3, -0.25) is 0 Å². The van der Waals surface area contributed by atoms with Gasteiger partial charge in [0.15, 0.2) is 0 Å². The van der Waals surface area contributed by atoms with Crippen LogP contribution in [0.1, 0.15) is 17.0 Å². The number of para-hydroxylation sites is 2. The van der Waals surface area contributed by atoms with E-state index in [1.807, 2.05) is 0 Å².